The largest absolute Gasteiger partial charge is 0.378 e. The average molecular weight is 251 g/mol. The fourth-order valence-electron chi connectivity index (χ4n) is 4.33. The highest BCUT2D eigenvalue weighted by molar-refractivity contribution is 5.10. The van der Waals surface area contributed by atoms with Crippen molar-refractivity contribution in [1.29, 1.82) is 0 Å². The van der Waals surface area contributed by atoms with Crippen LogP contribution < -0.4 is 5.32 Å². The number of ether oxygens (including phenoxy) is 1. The molecule has 1 spiro atoms. The van der Waals surface area contributed by atoms with Crippen LogP contribution in [0.5, 0.6) is 0 Å². The molecule has 1 N–H and O–H groups in total. The molecule has 0 radical (unpaired) electrons. The molecular formula is C16H29NO. The Bertz CT molecular complexity index is 281. The lowest BCUT2D eigenvalue weighted by Crippen LogP contribution is -2.63. The second-order valence-electron chi connectivity index (χ2n) is 6.90. The highest BCUT2D eigenvalue weighted by Gasteiger charge is 2.56. The summed E-state index contributed by atoms with van der Waals surface area (Å²) in [4.78, 5) is 0. The van der Waals surface area contributed by atoms with E-state index in [4.69, 9.17) is 4.74 Å². The van der Waals surface area contributed by atoms with E-state index in [1.54, 1.807) is 0 Å². The van der Waals surface area contributed by atoms with E-state index < -0.39 is 0 Å². The van der Waals surface area contributed by atoms with Crippen LogP contribution in [-0.2, 0) is 4.74 Å². The fraction of sp³-hybridized carbons (Fsp3) is 1.00. The van der Waals surface area contributed by atoms with Gasteiger partial charge in [0, 0.05) is 18.1 Å². The van der Waals surface area contributed by atoms with Crippen molar-refractivity contribution in [3.05, 3.63) is 0 Å². The molecule has 0 aliphatic heterocycles. The molecule has 18 heavy (non-hydrogen) atoms. The maximum absolute atomic E-state index is 5.97. The van der Waals surface area contributed by atoms with Gasteiger partial charge >= 0.3 is 0 Å². The normalized spacial score (nSPS) is 35.7. The predicted molar refractivity (Wildman–Crippen MR) is 74.6 cm³/mol. The first kappa shape index (κ1) is 12.9. The second kappa shape index (κ2) is 5.13. The van der Waals surface area contributed by atoms with Crippen molar-refractivity contribution in [3.8, 4) is 0 Å². The van der Waals surface area contributed by atoms with E-state index in [1.165, 1.54) is 51.5 Å². The van der Waals surface area contributed by atoms with Gasteiger partial charge in [0.15, 0.2) is 0 Å². The second-order valence-corrected chi connectivity index (χ2v) is 6.90. The van der Waals surface area contributed by atoms with Gasteiger partial charge in [-0.2, -0.15) is 0 Å². The molecule has 3 saturated carbocycles. The first-order chi connectivity index (χ1) is 8.76. The molecule has 2 heteroatoms. The van der Waals surface area contributed by atoms with E-state index >= 15 is 0 Å². The minimum absolute atomic E-state index is 0.513. The van der Waals surface area contributed by atoms with E-state index in [1.807, 2.05) is 0 Å². The Balaban J connectivity index is 1.52. The zero-order valence-electron chi connectivity index (χ0n) is 12.1. The third kappa shape index (κ3) is 2.22. The molecular weight excluding hydrogens is 222 g/mol. The number of nitrogens with one attached hydrogen (secondary N) is 1. The minimum atomic E-state index is 0.513. The fourth-order valence-corrected chi connectivity index (χ4v) is 4.33. The van der Waals surface area contributed by atoms with Gasteiger partial charge in [0.1, 0.15) is 0 Å². The van der Waals surface area contributed by atoms with Crippen LogP contribution in [0.4, 0.5) is 0 Å². The Morgan fingerprint density at radius 3 is 2.61 bits per heavy atom. The van der Waals surface area contributed by atoms with Gasteiger partial charge < -0.3 is 10.1 Å². The molecule has 3 rings (SSSR count). The highest BCUT2D eigenvalue weighted by atomic mass is 16.5. The Labute approximate surface area is 112 Å². The maximum Gasteiger partial charge on any atom is 0.0661 e. The predicted octanol–water partition coefficient (Wildman–Crippen LogP) is 3.36. The molecule has 3 aliphatic carbocycles. The number of hydrogen-bond acceptors (Lipinski definition) is 2. The van der Waals surface area contributed by atoms with Gasteiger partial charge in [-0.25, -0.2) is 0 Å². The van der Waals surface area contributed by atoms with Crippen LogP contribution in [0.25, 0.3) is 0 Å². The van der Waals surface area contributed by atoms with E-state index in [9.17, 15) is 0 Å². The highest BCUT2D eigenvalue weighted by Crippen LogP contribution is 2.54. The van der Waals surface area contributed by atoms with Crippen LogP contribution in [0.15, 0.2) is 0 Å². The standard InChI is InChI=1S/C16H29NO/c1-3-18-15-10-14(16(15)8-4-5-9-16)17-11-12(2)13-6-7-13/h12-15,17H,3-11H2,1-2H3. The van der Waals surface area contributed by atoms with Crippen molar-refractivity contribution >= 4 is 0 Å². The summed E-state index contributed by atoms with van der Waals surface area (Å²) in [5, 5.41) is 3.88. The Hall–Kier alpha value is -0.0800. The van der Waals surface area contributed by atoms with E-state index in [0.29, 0.717) is 11.5 Å². The molecule has 0 heterocycles. The molecule has 3 fully saturated rings. The summed E-state index contributed by atoms with van der Waals surface area (Å²) in [5.41, 5.74) is 0.513. The third-order valence-corrected chi connectivity index (χ3v) is 5.80. The molecule has 2 nitrogen and oxygen atoms in total. The molecule has 0 bridgehead atoms. The lowest BCUT2D eigenvalue weighted by molar-refractivity contribution is -0.130. The molecule has 0 aromatic carbocycles. The summed E-state index contributed by atoms with van der Waals surface area (Å²) in [6.07, 6.45) is 10.4. The van der Waals surface area contributed by atoms with Crippen LogP contribution in [0.3, 0.4) is 0 Å². The van der Waals surface area contributed by atoms with Gasteiger partial charge in [-0.15, -0.1) is 0 Å². The van der Waals surface area contributed by atoms with Crippen molar-refractivity contribution in [3.63, 3.8) is 0 Å². The van der Waals surface area contributed by atoms with Crippen molar-refractivity contribution in [2.75, 3.05) is 13.2 Å². The summed E-state index contributed by atoms with van der Waals surface area (Å²) in [5.74, 6) is 1.91. The lowest BCUT2D eigenvalue weighted by atomic mass is 9.60. The first-order valence-electron chi connectivity index (χ1n) is 8.11. The Morgan fingerprint density at radius 1 is 1.28 bits per heavy atom. The van der Waals surface area contributed by atoms with Crippen molar-refractivity contribution < 1.29 is 4.74 Å². The lowest BCUT2D eigenvalue weighted by Gasteiger charge is -2.54. The van der Waals surface area contributed by atoms with Gasteiger partial charge in [0.05, 0.1) is 6.10 Å². The third-order valence-electron chi connectivity index (χ3n) is 5.80. The van der Waals surface area contributed by atoms with Crippen molar-refractivity contribution in [1.82, 2.24) is 5.32 Å². The van der Waals surface area contributed by atoms with E-state index in [0.717, 1.165) is 24.5 Å². The van der Waals surface area contributed by atoms with Crippen LogP contribution in [0, 0.1) is 17.3 Å². The minimum Gasteiger partial charge on any atom is -0.378 e. The van der Waals surface area contributed by atoms with Crippen LogP contribution >= 0.6 is 0 Å². The summed E-state index contributed by atoms with van der Waals surface area (Å²) < 4.78 is 5.97. The summed E-state index contributed by atoms with van der Waals surface area (Å²) in [6.45, 7) is 6.68. The molecule has 3 aliphatic rings. The van der Waals surface area contributed by atoms with Gasteiger partial charge in [0.2, 0.25) is 0 Å². The van der Waals surface area contributed by atoms with Crippen LogP contribution in [0.1, 0.15) is 58.8 Å². The average Bonchev–Trinajstić information content (AvgIpc) is 3.08. The Kier molecular flexibility index (Phi) is 3.68. The summed E-state index contributed by atoms with van der Waals surface area (Å²) in [7, 11) is 0. The quantitative estimate of drug-likeness (QED) is 0.781. The molecule has 104 valence electrons. The molecule has 0 aromatic heterocycles. The zero-order valence-corrected chi connectivity index (χ0v) is 12.1. The van der Waals surface area contributed by atoms with Gasteiger partial charge in [-0.1, -0.05) is 19.8 Å². The van der Waals surface area contributed by atoms with Crippen LogP contribution in [0.2, 0.25) is 0 Å². The molecule has 0 amide bonds. The molecule has 0 saturated heterocycles. The first-order valence-corrected chi connectivity index (χ1v) is 8.11. The van der Waals surface area contributed by atoms with Crippen LogP contribution in [-0.4, -0.2) is 25.3 Å². The maximum atomic E-state index is 5.97. The van der Waals surface area contributed by atoms with E-state index in [-0.39, 0.29) is 0 Å². The molecule has 0 aromatic rings. The van der Waals surface area contributed by atoms with Crippen molar-refractivity contribution in [2.45, 2.75) is 70.9 Å². The monoisotopic (exact) mass is 251 g/mol. The summed E-state index contributed by atoms with van der Waals surface area (Å²) >= 11 is 0. The summed E-state index contributed by atoms with van der Waals surface area (Å²) in [6, 6.07) is 0.748. The van der Waals surface area contributed by atoms with Crippen molar-refractivity contribution in [2.24, 2.45) is 17.3 Å². The number of hydrogen-bond donors (Lipinski definition) is 1. The van der Waals surface area contributed by atoms with Gasteiger partial charge in [-0.05, 0) is 57.4 Å². The molecule has 3 unspecified atom stereocenters. The van der Waals surface area contributed by atoms with Gasteiger partial charge in [-0.3, -0.25) is 0 Å². The van der Waals surface area contributed by atoms with E-state index in [2.05, 4.69) is 19.2 Å². The molecule has 3 atom stereocenters. The smallest absolute Gasteiger partial charge is 0.0661 e. The van der Waals surface area contributed by atoms with Gasteiger partial charge in [0.25, 0.3) is 0 Å². The Morgan fingerprint density at radius 2 is 2.00 bits per heavy atom. The number of rotatable bonds is 6. The SMILES string of the molecule is CCOC1CC(NCC(C)C2CC2)C12CCCC2. The zero-order chi connectivity index (χ0) is 12.6. The topological polar surface area (TPSA) is 21.3 Å².